The van der Waals surface area contributed by atoms with Crippen molar-refractivity contribution in [3.05, 3.63) is 58.6 Å². The van der Waals surface area contributed by atoms with E-state index in [1.165, 1.54) is 12.1 Å². The van der Waals surface area contributed by atoms with Crippen LogP contribution in [0.2, 0.25) is 0 Å². The Bertz CT molecular complexity index is 657. The molecular weight excluding hydrogens is 363 g/mol. The van der Waals surface area contributed by atoms with E-state index in [1.807, 2.05) is 24.3 Å². The molecule has 0 aromatic heterocycles. The molecule has 0 heterocycles. The first kappa shape index (κ1) is 16.4. The molecule has 0 saturated heterocycles. The molecule has 7 heteroatoms. The number of benzene rings is 2. The second-order valence-electron chi connectivity index (χ2n) is 4.43. The standard InChI is InChI=1S/C15H11BrF3NO2/c16-11-3-1-2-10(8-11)9-14(21)20-12-4-6-13(7-5-12)22-15(17,18)19/h1-8H,9H2,(H,20,21). The van der Waals surface area contributed by atoms with Gasteiger partial charge in [-0.2, -0.15) is 0 Å². The van der Waals surface area contributed by atoms with Crippen molar-refractivity contribution >= 4 is 27.5 Å². The molecule has 3 nitrogen and oxygen atoms in total. The fraction of sp³-hybridized carbons (Fsp3) is 0.133. The maximum Gasteiger partial charge on any atom is 0.573 e. The number of carbonyl (C=O) groups excluding carboxylic acids is 1. The number of anilines is 1. The molecule has 0 radical (unpaired) electrons. The maximum absolute atomic E-state index is 12.0. The highest BCUT2D eigenvalue weighted by Crippen LogP contribution is 2.24. The maximum atomic E-state index is 12.0. The highest BCUT2D eigenvalue weighted by molar-refractivity contribution is 9.10. The molecule has 0 spiro atoms. The molecular formula is C15H11BrF3NO2. The molecule has 0 saturated carbocycles. The van der Waals surface area contributed by atoms with E-state index in [1.54, 1.807) is 0 Å². The van der Waals surface area contributed by atoms with Crippen molar-refractivity contribution in [3.63, 3.8) is 0 Å². The summed E-state index contributed by atoms with van der Waals surface area (Å²) >= 11 is 3.31. The number of nitrogens with one attached hydrogen (secondary N) is 1. The van der Waals surface area contributed by atoms with E-state index < -0.39 is 6.36 Å². The van der Waals surface area contributed by atoms with Crippen molar-refractivity contribution in [2.75, 3.05) is 5.32 Å². The Labute approximate surface area is 133 Å². The van der Waals surface area contributed by atoms with E-state index in [2.05, 4.69) is 26.0 Å². The van der Waals surface area contributed by atoms with Gasteiger partial charge in [0.1, 0.15) is 5.75 Å². The second-order valence-corrected chi connectivity index (χ2v) is 5.34. The Morgan fingerprint density at radius 3 is 2.41 bits per heavy atom. The third-order valence-corrected chi connectivity index (χ3v) is 3.12. The Kier molecular flexibility index (Phi) is 5.07. The van der Waals surface area contributed by atoms with Gasteiger partial charge in [-0.15, -0.1) is 13.2 Å². The summed E-state index contributed by atoms with van der Waals surface area (Å²) in [4.78, 5) is 11.9. The summed E-state index contributed by atoms with van der Waals surface area (Å²) in [5, 5.41) is 2.61. The average Bonchev–Trinajstić information content (AvgIpc) is 2.39. The lowest BCUT2D eigenvalue weighted by atomic mass is 10.1. The molecule has 2 aromatic carbocycles. The summed E-state index contributed by atoms with van der Waals surface area (Å²) in [6.45, 7) is 0. The third kappa shape index (κ3) is 5.40. The fourth-order valence-corrected chi connectivity index (χ4v) is 2.22. The lowest BCUT2D eigenvalue weighted by molar-refractivity contribution is -0.274. The smallest absolute Gasteiger partial charge is 0.406 e. The van der Waals surface area contributed by atoms with Gasteiger partial charge in [0, 0.05) is 10.2 Å². The largest absolute Gasteiger partial charge is 0.573 e. The number of rotatable bonds is 4. The van der Waals surface area contributed by atoms with Crippen molar-refractivity contribution < 1.29 is 22.7 Å². The van der Waals surface area contributed by atoms with Crippen LogP contribution in [0.4, 0.5) is 18.9 Å². The van der Waals surface area contributed by atoms with Crippen LogP contribution in [-0.4, -0.2) is 12.3 Å². The quantitative estimate of drug-likeness (QED) is 0.854. The van der Waals surface area contributed by atoms with E-state index in [4.69, 9.17) is 0 Å². The molecule has 22 heavy (non-hydrogen) atoms. The Morgan fingerprint density at radius 1 is 1.14 bits per heavy atom. The molecule has 1 N–H and O–H groups in total. The van der Waals surface area contributed by atoms with Gasteiger partial charge in [-0.25, -0.2) is 0 Å². The van der Waals surface area contributed by atoms with E-state index in [0.717, 1.165) is 22.2 Å². The summed E-state index contributed by atoms with van der Waals surface area (Å²) in [5.74, 6) is -0.597. The molecule has 0 aliphatic heterocycles. The van der Waals surface area contributed by atoms with Crippen LogP contribution in [0.3, 0.4) is 0 Å². The molecule has 0 aliphatic rings. The molecule has 0 atom stereocenters. The highest BCUT2D eigenvalue weighted by Gasteiger charge is 2.30. The summed E-state index contributed by atoms with van der Waals surface area (Å²) in [5.41, 5.74) is 1.22. The summed E-state index contributed by atoms with van der Waals surface area (Å²) in [6, 6.07) is 12.3. The molecule has 2 aromatic rings. The molecule has 0 aliphatic carbocycles. The monoisotopic (exact) mass is 373 g/mol. The van der Waals surface area contributed by atoms with Crippen molar-refractivity contribution in [1.29, 1.82) is 0 Å². The SMILES string of the molecule is O=C(Cc1cccc(Br)c1)Nc1ccc(OC(F)(F)F)cc1. The Hall–Kier alpha value is -2.02. The van der Waals surface area contributed by atoms with E-state index in [9.17, 15) is 18.0 Å². The third-order valence-electron chi connectivity index (χ3n) is 2.63. The molecule has 1 amide bonds. The van der Waals surface area contributed by atoms with E-state index in [-0.39, 0.29) is 18.1 Å². The summed E-state index contributed by atoms with van der Waals surface area (Å²) in [7, 11) is 0. The highest BCUT2D eigenvalue weighted by atomic mass is 79.9. The first-order chi connectivity index (χ1) is 10.3. The normalized spacial score (nSPS) is 11.1. The van der Waals surface area contributed by atoms with Crippen LogP contribution in [0.15, 0.2) is 53.0 Å². The number of ether oxygens (including phenoxy) is 1. The number of halogens is 4. The Balaban J connectivity index is 1.94. The first-order valence-corrected chi connectivity index (χ1v) is 7.01. The van der Waals surface area contributed by atoms with Gasteiger partial charge in [0.15, 0.2) is 0 Å². The lowest BCUT2D eigenvalue weighted by Crippen LogP contribution is -2.17. The van der Waals surface area contributed by atoms with Crippen LogP contribution >= 0.6 is 15.9 Å². The lowest BCUT2D eigenvalue weighted by Gasteiger charge is -2.10. The average molecular weight is 374 g/mol. The summed E-state index contributed by atoms with van der Waals surface area (Å²) < 4.78 is 40.7. The zero-order chi connectivity index (χ0) is 16.2. The van der Waals surface area contributed by atoms with Gasteiger partial charge in [0.2, 0.25) is 5.91 Å². The first-order valence-electron chi connectivity index (χ1n) is 6.22. The van der Waals surface area contributed by atoms with Gasteiger partial charge in [0.05, 0.1) is 6.42 Å². The van der Waals surface area contributed by atoms with Gasteiger partial charge >= 0.3 is 6.36 Å². The van der Waals surface area contributed by atoms with Crippen LogP contribution in [0.1, 0.15) is 5.56 Å². The van der Waals surface area contributed by atoms with Gasteiger partial charge < -0.3 is 10.1 Å². The number of carbonyl (C=O) groups is 1. The number of amides is 1. The number of hydrogen-bond donors (Lipinski definition) is 1. The van der Waals surface area contributed by atoms with Gasteiger partial charge in [-0.1, -0.05) is 28.1 Å². The van der Waals surface area contributed by atoms with Gasteiger partial charge in [-0.05, 0) is 42.0 Å². The molecule has 0 fully saturated rings. The number of alkyl halides is 3. The van der Waals surface area contributed by atoms with Gasteiger partial charge in [0.25, 0.3) is 0 Å². The van der Waals surface area contributed by atoms with Crippen molar-refractivity contribution in [1.82, 2.24) is 0 Å². The van der Waals surface area contributed by atoms with Crippen LogP contribution in [-0.2, 0) is 11.2 Å². The predicted octanol–water partition coefficient (Wildman–Crippen LogP) is 4.53. The van der Waals surface area contributed by atoms with Crippen molar-refractivity contribution in [2.24, 2.45) is 0 Å². The predicted molar refractivity (Wildman–Crippen MR) is 79.6 cm³/mol. The van der Waals surface area contributed by atoms with Crippen LogP contribution in [0.25, 0.3) is 0 Å². The molecule has 2 rings (SSSR count). The minimum atomic E-state index is -4.73. The summed E-state index contributed by atoms with van der Waals surface area (Å²) in [6.07, 6.45) is -4.56. The van der Waals surface area contributed by atoms with Crippen LogP contribution in [0, 0.1) is 0 Å². The van der Waals surface area contributed by atoms with Crippen molar-refractivity contribution in [3.8, 4) is 5.75 Å². The molecule has 0 unspecified atom stereocenters. The van der Waals surface area contributed by atoms with Gasteiger partial charge in [-0.3, -0.25) is 4.79 Å². The number of hydrogen-bond acceptors (Lipinski definition) is 2. The van der Waals surface area contributed by atoms with Crippen LogP contribution in [0.5, 0.6) is 5.75 Å². The zero-order valence-corrected chi connectivity index (χ0v) is 12.7. The topological polar surface area (TPSA) is 38.3 Å². The minimum absolute atomic E-state index is 0.167. The second kappa shape index (κ2) is 6.83. The zero-order valence-electron chi connectivity index (χ0n) is 11.2. The Morgan fingerprint density at radius 2 is 1.82 bits per heavy atom. The molecule has 0 bridgehead atoms. The minimum Gasteiger partial charge on any atom is -0.406 e. The van der Waals surface area contributed by atoms with E-state index >= 15 is 0 Å². The van der Waals surface area contributed by atoms with E-state index in [0.29, 0.717) is 5.69 Å². The molecule has 116 valence electrons. The van der Waals surface area contributed by atoms with Crippen molar-refractivity contribution in [2.45, 2.75) is 12.8 Å². The fourth-order valence-electron chi connectivity index (χ4n) is 1.78. The van der Waals surface area contributed by atoms with Crippen LogP contribution < -0.4 is 10.1 Å².